The number of carbonyl (C=O) groups excluding carboxylic acids is 2. The Balaban J connectivity index is 1.47. The zero-order valence-electron chi connectivity index (χ0n) is 17.4. The van der Waals surface area contributed by atoms with Crippen LogP contribution in [0.4, 0.5) is 10.5 Å². The second-order valence-corrected chi connectivity index (χ2v) is 9.65. The summed E-state index contributed by atoms with van der Waals surface area (Å²) in [6.07, 6.45) is 1.54. The molecule has 34 heavy (non-hydrogen) atoms. The minimum atomic E-state index is -4.29. The highest BCUT2D eigenvalue weighted by Gasteiger charge is 2.34. The highest BCUT2D eigenvalue weighted by molar-refractivity contribution is 8.18. The van der Waals surface area contributed by atoms with E-state index in [1.165, 1.54) is 48.5 Å². The Morgan fingerprint density at radius 1 is 0.971 bits per heavy atom. The van der Waals surface area contributed by atoms with Gasteiger partial charge < -0.3 is 4.18 Å². The number of rotatable bonds is 7. The van der Waals surface area contributed by atoms with Crippen LogP contribution in [0.5, 0.6) is 5.75 Å². The molecule has 0 bridgehead atoms. The van der Waals surface area contributed by atoms with Crippen molar-refractivity contribution in [3.63, 3.8) is 0 Å². The van der Waals surface area contributed by atoms with Crippen molar-refractivity contribution >= 4 is 44.8 Å². The molecule has 0 spiro atoms. The Morgan fingerprint density at radius 2 is 1.68 bits per heavy atom. The fraction of sp³-hybridized carbons (Fsp3) is 0.0435. The molecule has 2 amide bonds. The third-order valence-corrected chi connectivity index (χ3v) is 6.91. The van der Waals surface area contributed by atoms with Crippen molar-refractivity contribution in [2.24, 2.45) is 0 Å². The second-order valence-electron chi connectivity index (χ2n) is 7.11. The maximum Gasteiger partial charge on any atom is 0.339 e. The molecule has 1 aliphatic heterocycles. The van der Waals surface area contributed by atoms with Gasteiger partial charge in [0.15, 0.2) is 0 Å². The molecule has 3 aromatic carbocycles. The summed E-state index contributed by atoms with van der Waals surface area (Å²) in [7, 11) is -4.29. The van der Waals surface area contributed by atoms with Crippen molar-refractivity contribution in [2.45, 2.75) is 11.4 Å². The molecule has 3 aromatic rings. The van der Waals surface area contributed by atoms with Gasteiger partial charge in [-0.25, -0.2) is 0 Å². The first-order valence-electron chi connectivity index (χ1n) is 9.81. The molecule has 9 nitrogen and oxygen atoms in total. The average Bonchev–Trinajstić information content (AvgIpc) is 3.08. The predicted molar refractivity (Wildman–Crippen MR) is 125 cm³/mol. The maximum atomic E-state index is 12.7. The number of nitrogens with zero attached hydrogens (tertiary/aromatic N) is 2. The van der Waals surface area contributed by atoms with Gasteiger partial charge in [0, 0.05) is 12.1 Å². The van der Waals surface area contributed by atoms with Crippen LogP contribution in [0.3, 0.4) is 0 Å². The normalized spacial score (nSPS) is 15.1. The van der Waals surface area contributed by atoms with E-state index in [1.54, 1.807) is 0 Å². The van der Waals surface area contributed by atoms with Gasteiger partial charge in [0.2, 0.25) is 0 Å². The number of nitro groups is 1. The van der Waals surface area contributed by atoms with Crippen LogP contribution in [0.1, 0.15) is 11.1 Å². The Morgan fingerprint density at radius 3 is 2.35 bits per heavy atom. The summed E-state index contributed by atoms with van der Waals surface area (Å²) in [5, 5.41) is 10.5. The van der Waals surface area contributed by atoms with Gasteiger partial charge >= 0.3 is 10.1 Å². The molecule has 1 fully saturated rings. The first kappa shape index (κ1) is 23.2. The number of imide groups is 1. The molecular weight excluding hydrogens is 480 g/mol. The molecule has 0 aromatic heterocycles. The lowest BCUT2D eigenvalue weighted by Gasteiger charge is -2.12. The van der Waals surface area contributed by atoms with Crippen molar-refractivity contribution in [3.05, 3.63) is 105 Å². The van der Waals surface area contributed by atoms with Gasteiger partial charge in [0.1, 0.15) is 10.6 Å². The zero-order valence-corrected chi connectivity index (χ0v) is 19.0. The first-order chi connectivity index (χ1) is 16.2. The average molecular weight is 497 g/mol. The van der Waals surface area contributed by atoms with Gasteiger partial charge in [-0.05, 0) is 47.2 Å². The molecule has 0 aliphatic carbocycles. The van der Waals surface area contributed by atoms with Crippen LogP contribution in [-0.4, -0.2) is 29.4 Å². The minimum absolute atomic E-state index is 0.0131. The van der Waals surface area contributed by atoms with E-state index < -0.39 is 20.9 Å². The van der Waals surface area contributed by atoms with E-state index in [-0.39, 0.29) is 33.0 Å². The fourth-order valence-corrected chi connectivity index (χ4v) is 4.91. The summed E-state index contributed by atoms with van der Waals surface area (Å²) >= 11 is 0.827. The Labute approximate surface area is 198 Å². The number of thioether (sulfide) groups is 1. The summed E-state index contributed by atoms with van der Waals surface area (Å²) in [6.45, 7) is 0.172. The highest BCUT2D eigenvalue weighted by Crippen LogP contribution is 2.33. The summed E-state index contributed by atoms with van der Waals surface area (Å²) in [4.78, 5) is 36.2. The molecule has 11 heteroatoms. The van der Waals surface area contributed by atoms with E-state index >= 15 is 0 Å². The van der Waals surface area contributed by atoms with Crippen LogP contribution in [-0.2, 0) is 21.5 Å². The first-order valence-corrected chi connectivity index (χ1v) is 12.0. The van der Waals surface area contributed by atoms with Crippen molar-refractivity contribution in [1.29, 1.82) is 0 Å². The van der Waals surface area contributed by atoms with Crippen LogP contribution in [0.25, 0.3) is 6.08 Å². The third kappa shape index (κ3) is 5.16. The molecule has 1 aliphatic rings. The summed E-state index contributed by atoms with van der Waals surface area (Å²) < 4.78 is 30.0. The minimum Gasteiger partial charge on any atom is -0.379 e. The number of hydrogen-bond donors (Lipinski definition) is 0. The topological polar surface area (TPSA) is 124 Å². The van der Waals surface area contributed by atoms with Gasteiger partial charge in [-0.2, -0.15) is 8.42 Å². The molecular formula is C23H16N2O7S2. The molecule has 1 heterocycles. The lowest BCUT2D eigenvalue weighted by molar-refractivity contribution is -0.385. The number of carbonyl (C=O) groups is 2. The smallest absolute Gasteiger partial charge is 0.339 e. The van der Waals surface area contributed by atoms with Crippen LogP contribution >= 0.6 is 11.8 Å². The number of hydrogen-bond acceptors (Lipinski definition) is 8. The van der Waals surface area contributed by atoms with Crippen molar-refractivity contribution in [2.75, 3.05) is 0 Å². The quantitative estimate of drug-likeness (QED) is 0.201. The maximum absolute atomic E-state index is 12.7. The lowest BCUT2D eigenvalue weighted by atomic mass is 10.2. The van der Waals surface area contributed by atoms with Gasteiger partial charge in [-0.15, -0.1) is 0 Å². The largest absolute Gasteiger partial charge is 0.379 e. The zero-order chi connectivity index (χ0) is 24.3. The monoisotopic (exact) mass is 496 g/mol. The van der Waals surface area contributed by atoms with Crippen molar-refractivity contribution < 1.29 is 27.1 Å². The van der Waals surface area contributed by atoms with Crippen LogP contribution in [0.15, 0.2) is 88.7 Å². The third-order valence-electron chi connectivity index (χ3n) is 4.76. The van der Waals surface area contributed by atoms with Crippen molar-refractivity contribution in [1.82, 2.24) is 4.90 Å². The molecule has 0 saturated carbocycles. The van der Waals surface area contributed by atoms with Crippen LogP contribution in [0, 0.1) is 10.1 Å². The van der Waals surface area contributed by atoms with E-state index in [0.29, 0.717) is 5.56 Å². The molecule has 1 saturated heterocycles. The summed E-state index contributed by atoms with van der Waals surface area (Å²) in [5.41, 5.74) is 1.02. The molecule has 4 rings (SSSR count). The number of non-ortho nitro benzene ring substituents is 1. The Hall–Kier alpha value is -3.96. The molecule has 0 N–H and O–H groups in total. The standard InChI is InChI=1S/C23H16N2O7S2/c26-22-21(33-23(27)24(22)15-17-5-2-1-3-6-17)13-16-9-11-19(12-10-16)32-34(30,31)20-8-4-7-18(14-20)25(28)29/h1-14H,15H2/b21-13-. The summed E-state index contributed by atoms with van der Waals surface area (Å²) in [5.74, 6) is -0.423. The molecule has 172 valence electrons. The number of benzene rings is 3. The fourth-order valence-electron chi connectivity index (χ4n) is 3.10. The van der Waals surface area contributed by atoms with E-state index in [0.717, 1.165) is 28.3 Å². The van der Waals surface area contributed by atoms with E-state index in [4.69, 9.17) is 4.18 Å². The van der Waals surface area contributed by atoms with Crippen molar-refractivity contribution in [3.8, 4) is 5.75 Å². The van der Waals surface area contributed by atoms with Crippen LogP contribution < -0.4 is 4.18 Å². The van der Waals surface area contributed by atoms with E-state index in [2.05, 4.69) is 0 Å². The Kier molecular flexibility index (Phi) is 6.48. The van der Waals surface area contributed by atoms with E-state index in [1.807, 2.05) is 30.3 Å². The summed E-state index contributed by atoms with van der Waals surface area (Å²) in [6, 6.07) is 19.5. The number of amides is 2. The van der Waals surface area contributed by atoms with E-state index in [9.17, 15) is 28.1 Å². The molecule has 0 radical (unpaired) electrons. The van der Waals surface area contributed by atoms with Gasteiger partial charge in [-0.1, -0.05) is 48.5 Å². The molecule has 0 atom stereocenters. The lowest BCUT2D eigenvalue weighted by Crippen LogP contribution is -2.27. The second kappa shape index (κ2) is 9.49. The SMILES string of the molecule is O=C1S/C(=C\c2ccc(OS(=O)(=O)c3cccc([N+](=O)[O-])c3)cc2)C(=O)N1Cc1ccccc1. The van der Waals surface area contributed by atoms with Gasteiger partial charge in [-0.3, -0.25) is 24.6 Å². The predicted octanol–water partition coefficient (Wildman–Crippen LogP) is 4.60. The molecule has 0 unspecified atom stereocenters. The van der Waals surface area contributed by atoms with Gasteiger partial charge in [0.05, 0.1) is 16.4 Å². The highest BCUT2D eigenvalue weighted by atomic mass is 32.2. The number of nitro benzene ring substituents is 1. The Bertz CT molecular complexity index is 1400. The van der Waals surface area contributed by atoms with Gasteiger partial charge in [0.25, 0.3) is 16.8 Å². The van der Waals surface area contributed by atoms with Crippen LogP contribution in [0.2, 0.25) is 0 Å².